The van der Waals surface area contributed by atoms with Crippen molar-refractivity contribution >= 4 is 48.1 Å². The Labute approximate surface area is 246 Å². The van der Waals surface area contributed by atoms with Gasteiger partial charge in [-0.15, -0.1) is 0 Å². The molecule has 1 fully saturated rings. The minimum atomic E-state index is -1.56. The number of phenols is 2. The third-order valence-corrected chi connectivity index (χ3v) is 7.72. The van der Waals surface area contributed by atoms with Gasteiger partial charge in [0, 0.05) is 37.4 Å². The Morgan fingerprint density at radius 2 is 1.90 bits per heavy atom. The van der Waals surface area contributed by atoms with Gasteiger partial charge in [-0.25, -0.2) is 4.79 Å². The van der Waals surface area contributed by atoms with Crippen LogP contribution in [0.15, 0.2) is 30.3 Å². The van der Waals surface area contributed by atoms with E-state index in [1.807, 2.05) is 0 Å². The molecule has 1 saturated heterocycles. The minimum Gasteiger partial charge on any atom is -0.535 e. The fourth-order valence-electron chi connectivity index (χ4n) is 5.19. The van der Waals surface area contributed by atoms with Gasteiger partial charge in [0.15, 0.2) is 23.1 Å². The predicted molar refractivity (Wildman–Crippen MR) is 150 cm³/mol. The summed E-state index contributed by atoms with van der Waals surface area (Å²) in [5, 5.41) is 32.8. The molecule has 2 aromatic carbocycles. The van der Waals surface area contributed by atoms with Crippen LogP contribution in [-0.4, -0.2) is 87.2 Å². The summed E-state index contributed by atoms with van der Waals surface area (Å²) in [4.78, 5) is 66.5. The number of imide groups is 1. The van der Waals surface area contributed by atoms with Crippen LogP contribution in [0.4, 0.5) is 4.79 Å². The van der Waals surface area contributed by atoms with E-state index in [-0.39, 0.29) is 55.1 Å². The van der Waals surface area contributed by atoms with E-state index in [4.69, 9.17) is 22.0 Å². The van der Waals surface area contributed by atoms with E-state index in [1.165, 1.54) is 17.9 Å². The summed E-state index contributed by atoms with van der Waals surface area (Å²) in [5.41, 5.74) is 6.30. The molecule has 0 aromatic heterocycles. The third kappa shape index (κ3) is 5.91. The molecule has 3 atom stereocenters. The number of hydrogen-bond donors (Lipinski definition) is 5. The Morgan fingerprint density at radius 3 is 2.57 bits per heavy atom. The molecule has 2 heterocycles. The number of nitrogens with one attached hydrogen (secondary N) is 1. The summed E-state index contributed by atoms with van der Waals surface area (Å²) in [5.74, 6) is -4.86. The highest BCUT2D eigenvalue weighted by Crippen LogP contribution is 2.41. The number of phenolic OH excluding ortho intramolecular Hbond substituents is 2. The molecule has 0 aliphatic carbocycles. The van der Waals surface area contributed by atoms with Crippen LogP contribution in [0.3, 0.4) is 0 Å². The first-order valence-corrected chi connectivity index (χ1v) is 13.6. The lowest BCUT2D eigenvalue weighted by molar-refractivity contribution is -0.155. The topological polar surface area (TPSA) is 200 Å². The van der Waals surface area contributed by atoms with Gasteiger partial charge in [-0.3, -0.25) is 24.1 Å². The minimum absolute atomic E-state index is 0.0296. The molecule has 6 N–H and O–H groups in total. The van der Waals surface area contributed by atoms with Crippen molar-refractivity contribution < 1.29 is 43.9 Å². The number of amides is 4. The van der Waals surface area contributed by atoms with Crippen molar-refractivity contribution in [2.45, 2.75) is 44.6 Å². The number of carbonyl (C=O) groups excluding carboxylic acids is 5. The van der Waals surface area contributed by atoms with E-state index >= 15 is 0 Å². The second kappa shape index (κ2) is 12.4. The van der Waals surface area contributed by atoms with Crippen molar-refractivity contribution in [1.29, 1.82) is 0 Å². The second-order valence-corrected chi connectivity index (χ2v) is 10.7. The number of ketones is 2. The number of aromatic hydroxyl groups is 2. The molecule has 15 heteroatoms. The van der Waals surface area contributed by atoms with Crippen LogP contribution in [0.1, 0.15) is 47.8 Å². The summed E-state index contributed by atoms with van der Waals surface area (Å²) in [6.45, 7) is 3.18. The predicted octanol–water partition coefficient (Wildman–Crippen LogP) is 1.17. The van der Waals surface area contributed by atoms with Gasteiger partial charge in [0.1, 0.15) is 11.8 Å². The summed E-state index contributed by atoms with van der Waals surface area (Å²) >= 11 is 6.25. The van der Waals surface area contributed by atoms with Crippen molar-refractivity contribution in [3.63, 3.8) is 0 Å². The molecule has 2 aromatic rings. The summed E-state index contributed by atoms with van der Waals surface area (Å²) in [6, 6.07) is 3.83. The quantitative estimate of drug-likeness (QED) is 0.127. The van der Waals surface area contributed by atoms with Gasteiger partial charge in [0.2, 0.25) is 0 Å². The molecule has 1 unspecified atom stereocenters. The van der Waals surface area contributed by atoms with Crippen LogP contribution in [0, 0.1) is 0 Å². The van der Waals surface area contributed by atoms with Crippen LogP contribution in [0.25, 0.3) is 0 Å². The molecule has 4 rings (SSSR count). The summed E-state index contributed by atoms with van der Waals surface area (Å²) < 4.78 is 5.62. The zero-order valence-corrected chi connectivity index (χ0v) is 23.6. The molecule has 2 aliphatic rings. The number of Topliss-reactive ketones (excluding diaryl/α,β-unsaturated/α-hetero) is 2. The monoisotopic (exact) mass is 600 g/mol. The number of benzene rings is 2. The van der Waals surface area contributed by atoms with E-state index in [1.54, 1.807) is 25.1 Å². The number of urea groups is 1. The van der Waals surface area contributed by atoms with Crippen LogP contribution >= 0.6 is 11.6 Å². The highest BCUT2D eigenvalue weighted by molar-refractivity contribution is 6.47. The molecule has 0 bridgehead atoms. The number of para-hydroxylation sites is 1. The molecule has 13 nitrogen and oxygen atoms in total. The van der Waals surface area contributed by atoms with Gasteiger partial charge < -0.3 is 35.8 Å². The molecular weight excluding hydrogens is 571 g/mol. The standard InChI is InChI=1S/C27H30BClN4O9/c1-13-12-32(9-8-30)25(38)26(39)33(13)27(40)31-22(18-6-7-19(35)23(37)21(18)29)20(36)11-16-10-15-4-3-5-17(14(2)34)24(15)42-28(16)41/h3-7,13,16,22,35,37,41H,8-12,30H2,1-2H3,(H,31,40)/t13-,16+,22?/m0/s1. The number of nitrogens with zero attached hydrogens (tertiary/aromatic N) is 2. The number of halogens is 1. The molecule has 222 valence electrons. The lowest BCUT2D eigenvalue weighted by atomic mass is 9.64. The number of carbonyl (C=O) groups is 5. The van der Waals surface area contributed by atoms with Crippen molar-refractivity contribution in [1.82, 2.24) is 15.1 Å². The Bertz CT molecular complexity index is 1450. The van der Waals surface area contributed by atoms with Gasteiger partial charge in [-0.2, -0.15) is 0 Å². The molecule has 0 spiro atoms. The Balaban J connectivity index is 1.62. The number of nitrogens with two attached hydrogens (primary N) is 1. The molecule has 4 amide bonds. The number of rotatable bonds is 8. The first-order chi connectivity index (χ1) is 19.8. The summed E-state index contributed by atoms with van der Waals surface area (Å²) in [6.07, 6.45) is -0.202. The van der Waals surface area contributed by atoms with E-state index < -0.39 is 65.2 Å². The van der Waals surface area contributed by atoms with E-state index in [0.29, 0.717) is 10.5 Å². The van der Waals surface area contributed by atoms with Gasteiger partial charge in [0.25, 0.3) is 0 Å². The van der Waals surface area contributed by atoms with Gasteiger partial charge in [0.05, 0.1) is 16.6 Å². The number of piperazine rings is 1. The largest absolute Gasteiger partial charge is 0.535 e. The van der Waals surface area contributed by atoms with Crippen LogP contribution in [-0.2, 0) is 20.8 Å². The lowest BCUT2D eigenvalue weighted by Gasteiger charge is -2.38. The van der Waals surface area contributed by atoms with Crippen molar-refractivity contribution in [3.8, 4) is 17.2 Å². The van der Waals surface area contributed by atoms with E-state index in [2.05, 4.69) is 5.32 Å². The maximum atomic E-state index is 13.7. The Hall–Kier alpha value is -4.14. The van der Waals surface area contributed by atoms with Crippen molar-refractivity contribution in [2.75, 3.05) is 19.6 Å². The maximum absolute atomic E-state index is 13.7. The van der Waals surface area contributed by atoms with Crippen molar-refractivity contribution in [2.24, 2.45) is 5.73 Å². The zero-order valence-electron chi connectivity index (χ0n) is 22.9. The third-order valence-electron chi connectivity index (χ3n) is 7.32. The first-order valence-electron chi connectivity index (χ1n) is 13.2. The zero-order chi connectivity index (χ0) is 30.9. The van der Waals surface area contributed by atoms with Gasteiger partial charge in [-0.05, 0) is 38.0 Å². The molecular formula is C27H30BClN4O9. The number of fused-ring (bicyclic) bond motifs is 1. The molecule has 0 radical (unpaired) electrons. The van der Waals surface area contributed by atoms with Gasteiger partial charge >= 0.3 is 25.0 Å². The Kier molecular flexibility index (Phi) is 9.09. The smallest absolute Gasteiger partial charge is 0.526 e. The Morgan fingerprint density at radius 1 is 1.19 bits per heavy atom. The van der Waals surface area contributed by atoms with Crippen molar-refractivity contribution in [3.05, 3.63) is 52.0 Å². The fraction of sp³-hybridized carbons (Fsp3) is 0.370. The molecule has 42 heavy (non-hydrogen) atoms. The highest BCUT2D eigenvalue weighted by Gasteiger charge is 2.43. The van der Waals surface area contributed by atoms with Crippen LogP contribution in [0.2, 0.25) is 10.8 Å². The normalized spacial score (nSPS) is 19.2. The maximum Gasteiger partial charge on any atom is 0.526 e. The number of hydrogen-bond acceptors (Lipinski definition) is 10. The average molecular weight is 601 g/mol. The molecule has 2 aliphatic heterocycles. The highest BCUT2D eigenvalue weighted by atomic mass is 35.5. The lowest BCUT2D eigenvalue weighted by Crippen LogP contribution is -2.63. The van der Waals surface area contributed by atoms with Gasteiger partial charge in [-0.1, -0.05) is 29.8 Å². The average Bonchev–Trinajstić information content (AvgIpc) is 2.93. The summed E-state index contributed by atoms with van der Waals surface area (Å²) in [7, 11) is -1.48. The first kappa shape index (κ1) is 30.8. The molecule has 0 saturated carbocycles. The van der Waals surface area contributed by atoms with E-state index in [0.717, 1.165) is 6.07 Å². The van der Waals surface area contributed by atoms with E-state index in [9.17, 15) is 39.2 Å². The fourth-order valence-corrected chi connectivity index (χ4v) is 5.46. The SMILES string of the molecule is CC(=O)c1cccc2c1OB(O)[C@@H](CC(=O)C(NC(=O)N1C(=O)C(=O)N(CCN)C[C@@H]1C)c1ccc(O)c(O)c1Cl)C2. The van der Waals surface area contributed by atoms with Crippen LogP contribution < -0.4 is 15.7 Å². The van der Waals surface area contributed by atoms with Crippen LogP contribution in [0.5, 0.6) is 17.2 Å². The second-order valence-electron chi connectivity index (χ2n) is 10.3.